The lowest BCUT2D eigenvalue weighted by Gasteiger charge is -2.21. The molecule has 0 saturated heterocycles. The van der Waals surface area contributed by atoms with E-state index in [0.29, 0.717) is 0 Å². The van der Waals surface area contributed by atoms with Crippen molar-refractivity contribution in [1.82, 2.24) is 14.9 Å². The highest BCUT2D eigenvalue weighted by atomic mass is 15.1. The third-order valence-electron chi connectivity index (χ3n) is 3.05. The number of nitrogens with zero attached hydrogens (tertiary/aromatic N) is 3. The summed E-state index contributed by atoms with van der Waals surface area (Å²) in [6.07, 6.45) is 6.13. The Hall–Kier alpha value is -1.74. The molecule has 3 heteroatoms. The molecule has 0 aliphatic rings. The smallest absolute Gasteiger partial charge is 0.0544 e. The Bertz CT molecular complexity index is 414. The van der Waals surface area contributed by atoms with E-state index in [1.54, 1.807) is 0 Å². The van der Waals surface area contributed by atoms with Gasteiger partial charge in [0.25, 0.3) is 0 Å². The molecule has 19 heavy (non-hydrogen) atoms. The fourth-order valence-electron chi connectivity index (χ4n) is 2.04. The van der Waals surface area contributed by atoms with Crippen LogP contribution in [0.25, 0.3) is 0 Å². The van der Waals surface area contributed by atoms with E-state index >= 15 is 0 Å². The van der Waals surface area contributed by atoms with Crippen LogP contribution in [0.4, 0.5) is 0 Å². The van der Waals surface area contributed by atoms with E-state index in [9.17, 15) is 0 Å². The van der Waals surface area contributed by atoms with E-state index in [1.165, 1.54) is 12.8 Å². The Morgan fingerprint density at radius 1 is 0.895 bits per heavy atom. The molecular formula is C16H21N3. The molecule has 0 fully saturated rings. The van der Waals surface area contributed by atoms with Crippen LogP contribution in [0.15, 0.2) is 48.8 Å². The minimum atomic E-state index is 0.886. The quantitative estimate of drug-likeness (QED) is 0.760. The van der Waals surface area contributed by atoms with Gasteiger partial charge >= 0.3 is 0 Å². The Labute approximate surface area is 115 Å². The molecular weight excluding hydrogens is 234 g/mol. The van der Waals surface area contributed by atoms with Crippen molar-refractivity contribution in [3.63, 3.8) is 0 Å². The van der Waals surface area contributed by atoms with E-state index in [4.69, 9.17) is 0 Å². The van der Waals surface area contributed by atoms with Crippen molar-refractivity contribution in [3.8, 4) is 0 Å². The number of rotatable bonds is 7. The molecule has 2 heterocycles. The predicted octanol–water partition coefficient (Wildman–Crippen LogP) is 3.28. The van der Waals surface area contributed by atoms with Crippen LogP contribution >= 0.6 is 0 Å². The molecule has 100 valence electrons. The lowest BCUT2D eigenvalue weighted by Crippen LogP contribution is -2.24. The van der Waals surface area contributed by atoms with Crippen LogP contribution in [0.3, 0.4) is 0 Å². The molecule has 0 bridgehead atoms. The van der Waals surface area contributed by atoms with Crippen LogP contribution in [0.5, 0.6) is 0 Å². The van der Waals surface area contributed by atoms with Crippen LogP contribution in [-0.4, -0.2) is 21.4 Å². The van der Waals surface area contributed by atoms with Crippen molar-refractivity contribution < 1.29 is 0 Å². The maximum Gasteiger partial charge on any atom is 0.0544 e. The summed E-state index contributed by atoms with van der Waals surface area (Å²) in [7, 11) is 0. The number of aromatic nitrogens is 2. The first-order valence-electron chi connectivity index (χ1n) is 6.90. The highest BCUT2D eigenvalue weighted by molar-refractivity contribution is 5.06. The maximum atomic E-state index is 4.41. The van der Waals surface area contributed by atoms with Gasteiger partial charge < -0.3 is 0 Å². The molecule has 2 rings (SSSR count). The van der Waals surface area contributed by atoms with Gasteiger partial charge in [-0.25, -0.2) is 0 Å². The average molecular weight is 255 g/mol. The molecule has 0 saturated carbocycles. The summed E-state index contributed by atoms with van der Waals surface area (Å²) in [4.78, 5) is 11.2. The topological polar surface area (TPSA) is 29.0 Å². The van der Waals surface area contributed by atoms with Crippen LogP contribution in [-0.2, 0) is 13.1 Å². The van der Waals surface area contributed by atoms with Crippen LogP contribution in [0, 0.1) is 0 Å². The summed E-state index contributed by atoms with van der Waals surface area (Å²) in [6.45, 7) is 5.08. The summed E-state index contributed by atoms with van der Waals surface area (Å²) in [5.74, 6) is 0. The van der Waals surface area contributed by atoms with Crippen molar-refractivity contribution in [2.24, 2.45) is 0 Å². The average Bonchev–Trinajstić information content (AvgIpc) is 2.47. The minimum absolute atomic E-state index is 0.886. The summed E-state index contributed by atoms with van der Waals surface area (Å²) in [5.41, 5.74) is 2.24. The zero-order valence-corrected chi connectivity index (χ0v) is 11.5. The van der Waals surface area contributed by atoms with Crippen molar-refractivity contribution >= 4 is 0 Å². The fraction of sp³-hybridized carbons (Fsp3) is 0.375. The lowest BCUT2D eigenvalue weighted by atomic mass is 10.2. The van der Waals surface area contributed by atoms with Crippen LogP contribution in [0.1, 0.15) is 31.2 Å². The first kappa shape index (κ1) is 13.7. The van der Waals surface area contributed by atoms with Crippen LogP contribution < -0.4 is 0 Å². The van der Waals surface area contributed by atoms with E-state index in [1.807, 2.05) is 36.7 Å². The number of hydrogen-bond acceptors (Lipinski definition) is 3. The molecule has 0 unspecified atom stereocenters. The first-order valence-corrected chi connectivity index (χ1v) is 6.90. The molecule has 0 radical (unpaired) electrons. The SMILES string of the molecule is CCCCN(Cc1ccccn1)Cc1ccccn1. The van der Waals surface area contributed by atoms with E-state index in [0.717, 1.165) is 31.0 Å². The van der Waals surface area contributed by atoms with Gasteiger partial charge in [0.15, 0.2) is 0 Å². The van der Waals surface area contributed by atoms with E-state index in [2.05, 4.69) is 33.9 Å². The molecule has 0 aliphatic carbocycles. The molecule has 2 aromatic rings. The van der Waals surface area contributed by atoms with Gasteiger partial charge in [0, 0.05) is 25.5 Å². The molecule has 0 atom stereocenters. The monoisotopic (exact) mass is 255 g/mol. The van der Waals surface area contributed by atoms with Gasteiger partial charge in [-0.2, -0.15) is 0 Å². The van der Waals surface area contributed by atoms with Gasteiger partial charge in [0.1, 0.15) is 0 Å². The Kier molecular flexibility index (Phi) is 5.50. The second-order valence-corrected chi connectivity index (χ2v) is 4.71. The molecule has 0 aliphatic heterocycles. The second-order valence-electron chi connectivity index (χ2n) is 4.71. The molecule has 0 spiro atoms. The van der Waals surface area contributed by atoms with E-state index in [-0.39, 0.29) is 0 Å². The summed E-state index contributed by atoms with van der Waals surface area (Å²) in [6, 6.07) is 12.2. The summed E-state index contributed by atoms with van der Waals surface area (Å²) < 4.78 is 0. The van der Waals surface area contributed by atoms with Crippen molar-refractivity contribution in [3.05, 3.63) is 60.2 Å². The lowest BCUT2D eigenvalue weighted by molar-refractivity contribution is 0.247. The summed E-state index contributed by atoms with van der Waals surface area (Å²) >= 11 is 0. The normalized spacial score (nSPS) is 10.8. The molecule has 3 nitrogen and oxygen atoms in total. The van der Waals surface area contributed by atoms with Gasteiger partial charge in [-0.05, 0) is 37.2 Å². The minimum Gasteiger partial charge on any atom is -0.292 e. The zero-order valence-electron chi connectivity index (χ0n) is 11.5. The molecule has 2 aromatic heterocycles. The third kappa shape index (κ3) is 4.79. The van der Waals surface area contributed by atoms with Crippen molar-refractivity contribution in [2.45, 2.75) is 32.9 Å². The van der Waals surface area contributed by atoms with Gasteiger partial charge in [0.2, 0.25) is 0 Å². The number of hydrogen-bond donors (Lipinski definition) is 0. The second kappa shape index (κ2) is 7.64. The van der Waals surface area contributed by atoms with Gasteiger partial charge in [-0.15, -0.1) is 0 Å². The van der Waals surface area contributed by atoms with Crippen LogP contribution in [0.2, 0.25) is 0 Å². The largest absolute Gasteiger partial charge is 0.292 e. The standard InChI is InChI=1S/C16H21N3/c1-2-3-12-19(13-15-8-4-6-10-17-15)14-16-9-5-7-11-18-16/h4-11H,2-3,12-14H2,1H3. The Morgan fingerprint density at radius 3 is 1.89 bits per heavy atom. The maximum absolute atomic E-state index is 4.41. The van der Waals surface area contributed by atoms with Crippen molar-refractivity contribution in [2.75, 3.05) is 6.54 Å². The molecule has 0 aromatic carbocycles. The van der Waals surface area contributed by atoms with Gasteiger partial charge in [0.05, 0.1) is 11.4 Å². The Balaban J connectivity index is 1.99. The molecule has 0 amide bonds. The third-order valence-corrected chi connectivity index (χ3v) is 3.05. The Morgan fingerprint density at radius 2 is 1.47 bits per heavy atom. The number of pyridine rings is 2. The predicted molar refractivity (Wildman–Crippen MR) is 77.5 cm³/mol. The van der Waals surface area contributed by atoms with Gasteiger partial charge in [-0.3, -0.25) is 14.9 Å². The van der Waals surface area contributed by atoms with Gasteiger partial charge in [-0.1, -0.05) is 25.5 Å². The van der Waals surface area contributed by atoms with Crippen molar-refractivity contribution in [1.29, 1.82) is 0 Å². The first-order chi connectivity index (χ1) is 9.38. The highest BCUT2D eigenvalue weighted by Gasteiger charge is 2.07. The number of unbranched alkanes of at least 4 members (excludes halogenated alkanes) is 1. The van der Waals surface area contributed by atoms with E-state index < -0.39 is 0 Å². The zero-order chi connectivity index (χ0) is 13.3. The molecule has 0 N–H and O–H groups in total. The highest BCUT2D eigenvalue weighted by Crippen LogP contribution is 2.08. The summed E-state index contributed by atoms with van der Waals surface area (Å²) in [5, 5.41) is 0. The fourth-order valence-corrected chi connectivity index (χ4v) is 2.04.